The molecule has 1 aromatic carbocycles. The number of carboxylic acids is 1. The lowest BCUT2D eigenvalue weighted by atomic mass is 9.81. The van der Waals surface area contributed by atoms with Crippen molar-refractivity contribution in [1.82, 2.24) is 4.98 Å². The molecule has 1 fully saturated rings. The molecule has 8 heteroatoms. The molecule has 4 rings (SSSR count). The lowest BCUT2D eigenvalue weighted by Gasteiger charge is -2.36. The molecule has 0 amide bonds. The molecule has 128 valence electrons. The summed E-state index contributed by atoms with van der Waals surface area (Å²) < 4.78 is 12.5. The standard InChI is InChI=1S/C16H14BrCl2NO4/c17-9-4-10(18)13(19)15-12(9)8-6-16(23-1-2-24-16)5-7(3-11(21)22)14(8)20-15/h4,7,20H,1-3,5-6H2,(H,21,22). The molecular weight excluding hydrogens is 421 g/mol. The molecule has 2 N–H and O–H groups in total. The van der Waals surface area contributed by atoms with E-state index in [4.69, 9.17) is 32.7 Å². The summed E-state index contributed by atoms with van der Waals surface area (Å²) in [7, 11) is 0. The first-order chi connectivity index (χ1) is 11.4. The third-order valence-electron chi connectivity index (χ3n) is 4.70. The average molecular weight is 435 g/mol. The SMILES string of the molecule is O=C(O)CC1CC2(Cc3c1[nH]c1c(Cl)c(Cl)cc(Br)c31)OCCO2. The van der Waals surface area contributed by atoms with Gasteiger partial charge in [-0.3, -0.25) is 4.79 Å². The van der Waals surface area contributed by atoms with E-state index in [1.54, 1.807) is 6.07 Å². The van der Waals surface area contributed by atoms with Crippen molar-refractivity contribution in [3.8, 4) is 0 Å². The number of aromatic nitrogens is 1. The maximum atomic E-state index is 11.3. The molecule has 1 aromatic heterocycles. The van der Waals surface area contributed by atoms with Crippen LogP contribution >= 0.6 is 39.1 Å². The lowest BCUT2D eigenvalue weighted by molar-refractivity contribution is -0.170. The van der Waals surface area contributed by atoms with Crippen molar-refractivity contribution in [1.29, 1.82) is 0 Å². The Balaban J connectivity index is 1.94. The molecular formula is C16H14BrCl2NO4. The molecule has 0 radical (unpaired) electrons. The van der Waals surface area contributed by atoms with Crippen LogP contribution in [-0.4, -0.2) is 35.1 Å². The van der Waals surface area contributed by atoms with E-state index in [-0.39, 0.29) is 12.3 Å². The van der Waals surface area contributed by atoms with E-state index in [2.05, 4.69) is 20.9 Å². The van der Waals surface area contributed by atoms with E-state index in [9.17, 15) is 9.90 Å². The second-order valence-corrected chi connectivity index (χ2v) is 7.84. The summed E-state index contributed by atoms with van der Waals surface area (Å²) in [5.41, 5.74) is 2.57. The Labute approximate surface area is 156 Å². The lowest BCUT2D eigenvalue weighted by Crippen LogP contribution is -2.39. The van der Waals surface area contributed by atoms with Gasteiger partial charge in [-0.2, -0.15) is 0 Å². The van der Waals surface area contributed by atoms with Gasteiger partial charge in [0.25, 0.3) is 0 Å². The van der Waals surface area contributed by atoms with Crippen LogP contribution in [0.25, 0.3) is 10.9 Å². The number of ether oxygens (including phenoxy) is 2. The number of carbonyl (C=O) groups is 1. The number of nitrogens with one attached hydrogen (secondary N) is 1. The Morgan fingerprint density at radius 1 is 1.42 bits per heavy atom. The highest BCUT2D eigenvalue weighted by molar-refractivity contribution is 9.10. The van der Waals surface area contributed by atoms with E-state index in [1.165, 1.54) is 0 Å². The predicted octanol–water partition coefficient (Wildman–Crippen LogP) is 4.48. The first-order valence-corrected chi connectivity index (χ1v) is 9.13. The minimum absolute atomic E-state index is 0.00272. The summed E-state index contributed by atoms with van der Waals surface area (Å²) in [5, 5.41) is 11.1. The molecule has 1 unspecified atom stereocenters. The number of halogens is 3. The molecule has 1 aliphatic carbocycles. The van der Waals surface area contributed by atoms with Crippen molar-refractivity contribution < 1.29 is 19.4 Å². The second-order valence-electron chi connectivity index (χ2n) is 6.20. The number of hydrogen-bond donors (Lipinski definition) is 2. The molecule has 1 atom stereocenters. The first kappa shape index (κ1) is 16.7. The number of hydrogen-bond acceptors (Lipinski definition) is 3. The number of fused-ring (bicyclic) bond motifs is 3. The summed E-state index contributed by atoms with van der Waals surface area (Å²) >= 11 is 16.1. The van der Waals surface area contributed by atoms with Crippen molar-refractivity contribution >= 4 is 56.0 Å². The van der Waals surface area contributed by atoms with Crippen LogP contribution in [0, 0.1) is 0 Å². The summed E-state index contributed by atoms with van der Waals surface area (Å²) in [5.74, 6) is -1.85. The molecule has 2 aromatic rings. The van der Waals surface area contributed by atoms with Crippen LogP contribution in [0.15, 0.2) is 10.5 Å². The van der Waals surface area contributed by atoms with Crippen LogP contribution in [0.5, 0.6) is 0 Å². The van der Waals surface area contributed by atoms with Gasteiger partial charge in [-0.25, -0.2) is 0 Å². The van der Waals surface area contributed by atoms with Crippen molar-refractivity contribution in [2.24, 2.45) is 0 Å². The third kappa shape index (κ3) is 2.56. The Morgan fingerprint density at radius 3 is 2.79 bits per heavy atom. The van der Waals surface area contributed by atoms with Crippen LogP contribution in [-0.2, 0) is 20.7 Å². The molecule has 2 heterocycles. The van der Waals surface area contributed by atoms with Crippen molar-refractivity contribution in [2.45, 2.75) is 31.0 Å². The van der Waals surface area contributed by atoms with Crippen molar-refractivity contribution in [2.75, 3.05) is 13.2 Å². The normalized spacial score (nSPS) is 22.2. The molecule has 1 spiro atoms. The molecule has 1 saturated heterocycles. The number of rotatable bonds is 2. The fourth-order valence-corrected chi connectivity index (χ4v) is 5.00. The molecule has 1 aliphatic heterocycles. The van der Waals surface area contributed by atoms with Gasteiger partial charge in [-0.15, -0.1) is 0 Å². The van der Waals surface area contributed by atoms with E-state index >= 15 is 0 Å². The molecule has 5 nitrogen and oxygen atoms in total. The summed E-state index contributed by atoms with van der Waals surface area (Å²) in [6.07, 6.45) is 1.05. The maximum Gasteiger partial charge on any atom is 0.304 e. The second kappa shape index (κ2) is 5.88. The summed E-state index contributed by atoms with van der Waals surface area (Å²) in [6, 6.07) is 1.75. The number of carboxylic acid groups (broad SMARTS) is 1. The minimum Gasteiger partial charge on any atom is -0.481 e. The fraction of sp³-hybridized carbons (Fsp3) is 0.438. The zero-order valence-corrected chi connectivity index (χ0v) is 15.6. The molecule has 0 bridgehead atoms. The summed E-state index contributed by atoms with van der Waals surface area (Å²) in [6.45, 7) is 1.04. The quantitative estimate of drug-likeness (QED) is 0.683. The van der Waals surface area contributed by atoms with Gasteiger partial charge in [0.1, 0.15) is 0 Å². The zero-order valence-electron chi connectivity index (χ0n) is 12.5. The van der Waals surface area contributed by atoms with Gasteiger partial charge in [0.15, 0.2) is 5.79 Å². The van der Waals surface area contributed by atoms with Crippen LogP contribution in [0.4, 0.5) is 0 Å². The summed E-state index contributed by atoms with van der Waals surface area (Å²) in [4.78, 5) is 14.6. The first-order valence-electron chi connectivity index (χ1n) is 7.58. The monoisotopic (exact) mass is 433 g/mol. The number of H-pyrrole nitrogens is 1. The van der Waals surface area contributed by atoms with E-state index < -0.39 is 11.8 Å². The number of aliphatic carboxylic acids is 1. The van der Waals surface area contributed by atoms with Gasteiger partial charge in [-0.05, 0) is 11.6 Å². The Kier molecular flexibility index (Phi) is 4.09. The van der Waals surface area contributed by atoms with E-state index in [1.807, 2.05) is 0 Å². The van der Waals surface area contributed by atoms with Gasteiger partial charge in [0.05, 0.1) is 35.2 Å². The maximum absolute atomic E-state index is 11.3. The predicted molar refractivity (Wildman–Crippen MR) is 94.0 cm³/mol. The largest absolute Gasteiger partial charge is 0.481 e. The fourth-order valence-electron chi connectivity index (χ4n) is 3.81. The Morgan fingerprint density at radius 2 is 2.12 bits per heavy atom. The van der Waals surface area contributed by atoms with Crippen LogP contribution in [0.3, 0.4) is 0 Å². The van der Waals surface area contributed by atoms with Gasteiger partial charge in [0.2, 0.25) is 0 Å². The number of aromatic amines is 1. The van der Waals surface area contributed by atoms with E-state index in [0.717, 1.165) is 21.1 Å². The molecule has 0 saturated carbocycles. The van der Waals surface area contributed by atoms with Crippen LogP contribution < -0.4 is 0 Å². The topological polar surface area (TPSA) is 71.5 Å². The van der Waals surface area contributed by atoms with Gasteiger partial charge in [0, 0.05) is 34.3 Å². The van der Waals surface area contributed by atoms with Gasteiger partial charge >= 0.3 is 5.97 Å². The van der Waals surface area contributed by atoms with Crippen LogP contribution in [0.1, 0.15) is 30.0 Å². The van der Waals surface area contributed by atoms with Crippen molar-refractivity contribution in [3.63, 3.8) is 0 Å². The highest BCUT2D eigenvalue weighted by atomic mass is 79.9. The highest BCUT2D eigenvalue weighted by Gasteiger charge is 2.46. The number of benzene rings is 1. The van der Waals surface area contributed by atoms with Gasteiger partial charge in [-0.1, -0.05) is 39.1 Å². The molecule has 24 heavy (non-hydrogen) atoms. The van der Waals surface area contributed by atoms with E-state index in [0.29, 0.717) is 41.6 Å². The Bertz CT molecular complexity index is 844. The van der Waals surface area contributed by atoms with Gasteiger partial charge < -0.3 is 19.6 Å². The Hall–Kier alpha value is -0.790. The smallest absolute Gasteiger partial charge is 0.304 e. The zero-order chi connectivity index (χ0) is 17.1. The molecule has 2 aliphatic rings. The minimum atomic E-state index is -0.858. The average Bonchev–Trinajstić information content (AvgIpc) is 3.10. The van der Waals surface area contributed by atoms with Crippen molar-refractivity contribution in [3.05, 3.63) is 31.8 Å². The van der Waals surface area contributed by atoms with Crippen LogP contribution in [0.2, 0.25) is 10.0 Å². The highest BCUT2D eigenvalue weighted by Crippen LogP contribution is 2.48. The third-order valence-corrected chi connectivity index (χ3v) is 6.12.